The fourth-order valence-corrected chi connectivity index (χ4v) is 3.18. The molecular weight excluding hydrogens is 330 g/mol. The summed E-state index contributed by atoms with van der Waals surface area (Å²) >= 11 is 3.59. The number of hydrogen-bond acceptors (Lipinski definition) is 4. The first-order valence-electron chi connectivity index (χ1n) is 6.91. The number of halogens is 1. The van der Waals surface area contributed by atoms with Gasteiger partial charge < -0.3 is 9.47 Å². The number of fused-ring (bicyclic) bond motifs is 2. The van der Waals surface area contributed by atoms with E-state index < -0.39 is 0 Å². The molecule has 0 fully saturated rings. The van der Waals surface area contributed by atoms with E-state index in [2.05, 4.69) is 53.8 Å². The van der Waals surface area contributed by atoms with E-state index in [0.29, 0.717) is 0 Å². The van der Waals surface area contributed by atoms with Gasteiger partial charge in [-0.15, -0.1) is 10.2 Å². The van der Waals surface area contributed by atoms with E-state index in [4.69, 9.17) is 4.98 Å². The van der Waals surface area contributed by atoms with Crippen LogP contribution in [0, 0.1) is 0 Å². The van der Waals surface area contributed by atoms with Gasteiger partial charge in [0.2, 0.25) is 0 Å². The van der Waals surface area contributed by atoms with Crippen molar-refractivity contribution < 1.29 is 0 Å². The zero-order valence-corrected chi connectivity index (χ0v) is 13.0. The average Bonchev–Trinajstić information content (AvgIpc) is 3.01. The van der Waals surface area contributed by atoms with E-state index in [-0.39, 0.29) is 0 Å². The molecule has 0 aliphatic carbocycles. The summed E-state index contributed by atoms with van der Waals surface area (Å²) in [5.74, 6) is 2.04. The lowest BCUT2D eigenvalue weighted by Gasteiger charge is -2.29. The molecule has 0 saturated heterocycles. The van der Waals surface area contributed by atoms with E-state index in [0.717, 1.165) is 42.1 Å². The first kappa shape index (κ1) is 12.8. The zero-order chi connectivity index (χ0) is 14.2. The number of rotatable bonds is 2. The Balaban J connectivity index is 1.79. The van der Waals surface area contributed by atoms with E-state index in [1.807, 2.05) is 12.1 Å². The second-order valence-electron chi connectivity index (χ2n) is 5.16. The van der Waals surface area contributed by atoms with Crippen molar-refractivity contribution in [2.75, 3.05) is 11.4 Å². The summed E-state index contributed by atoms with van der Waals surface area (Å²) < 4.78 is 2.10. The Morgan fingerprint density at radius 2 is 2.10 bits per heavy atom. The Morgan fingerprint density at radius 1 is 1.19 bits per heavy atom. The molecule has 1 aliphatic rings. The Hall–Kier alpha value is -1.95. The highest BCUT2D eigenvalue weighted by Crippen LogP contribution is 2.27. The van der Waals surface area contributed by atoms with Crippen LogP contribution < -0.4 is 4.90 Å². The van der Waals surface area contributed by atoms with Gasteiger partial charge in [0.15, 0.2) is 5.82 Å². The second kappa shape index (κ2) is 5.11. The molecule has 1 aromatic carbocycles. The smallest absolute Gasteiger partial charge is 0.152 e. The third-order valence-electron chi connectivity index (χ3n) is 3.86. The zero-order valence-electron chi connectivity index (χ0n) is 11.4. The summed E-state index contributed by atoms with van der Waals surface area (Å²) in [7, 11) is 0. The Bertz CT molecular complexity index is 798. The van der Waals surface area contributed by atoms with Gasteiger partial charge in [0.25, 0.3) is 0 Å². The van der Waals surface area contributed by atoms with Crippen LogP contribution in [0.15, 0.2) is 36.7 Å². The van der Waals surface area contributed by atoms with Crippen molar-refractivity contribution >= 4 is 32.7 Å². The molecule has 3 aromatic rings. The molecule has 5 nitrogen and oxygen atoms in total. The predicted molar refractivity (Wildman–Crippen MR) is 85.4 cm³/mol. The summed E-state index contributed by atoms with van der Waals surface area (Å²) in [6.07, 6.45) is 1.80. The molecule has 6 heteroatoms. The van der Waals surface area contributed by atoms with Crippen molar-refractivity contribution in [2.45, 2.75) is 18.4 Å². The van der Waals surface area contributed by atoms with Gasteiger partial charge in [0, 0.05) is 29.4 Å². The van der Waals surface area contributed by atoms with Gasteiger partial charge in [-0.1, -0.05) is 34.1 Å². The van der Waals surface area contributed by atoms with Crippen molar-refractivity contribution in [3.63, 3.8) is 0 Å². The summed E-state index contributed by atoms with van der Waals surface area (Å²) in [4.78, 5) is 7.15. The van der Waals surface area contributed by atoms with Gasteiger partial charge in [-0.05, 0) is 12.1 Å². The minimum atomic E-state index is 0.755. The van der Waals surface area contributed by atoms with Crippen molar-refractivity contribution in [1.29, 1.82) is 0 Å². The van der Waals surface area contributed by atoms with Gasteiger partial charge in [-0.2, -0.15) is 0 Å². The number of benzene rings is 1. The Morgan fingerprint density at radius 3 is 3.00 bits per heavy atom. The monoisotopic (exact) mass is 343 g/mol. The van der Waals surface area contributed by atoms with Gasteiger partial charge in [-0.25, -0.2) is 4.98 Å². The number of alkyl halides is 1. The Labute approximate surface area is 130 Å². The highest BCUT2D eigenvalue weighted by atomic mass is 79.9. The fraction of sp³-hybridized carbons (Fsp3) is 0.267. The number of para-hydroxylation sites is 1. The molecule has 1 aliphatic heterocycles. The van der Waals surface area contributed by atoms with Crippen LogP contribution in [0.25, 0.3) is 10.9 Å². The molecule has 0 N–H and O–H groups in total. The second-order valence-corrected chi connectivity index (χ2v) is 5.72. The predicted octanol–water partition coefficient (Wildman–Crippen LogP) is 2.74. The normalized spacial score (nSPS) is 14.4. The third kappa shape index (κ3) is 2.19. The molecule has 2 aromatic heterocycles. The van der Waals surface area contributed by atoms with Gasteiger partial charge in [0.1, 0.15) is 12.1 Å². The average molecular weight is 344 g/mol. The van der Waals surface area contributed by atoms with Gasteiger partial charge in [-0.3, -0.25) is 0 Å². The lowest BCUT2D eigenvalue weighted by molar-refractivity contribution is 0.556. The topological polar surface area (TPSA) is 46.8 Å². The minimum Gasteiger partial charge on any atom is -0.347 e. The first-order valence-corrected chi connectivity index (χ1v) is 8.03. The molecule has 0 amide bonds. The molecule has 0 atom stereocenters. The molecule has 0 bridgehead atoms. The molecule has 0 saturated carbocycles. The van der Waals surface area contributed by atoms with Crippen LogP contribution >= 0.6 is 15.9 Å². The Kier molecular flexibility index (Phi) is 3.11. The molecule has 4 rings (SSSR count). The molecular formula is C15H14BrN5. The van der Waals surface area contributed by atoms with Crippen LogP contribution in [0.1, 0.15) is 11.4 Å². The van der Waals surface area contributed by atoms with E-state index in [9.17, 15) is 0 Å². The fourth-order valence-electron chi connectivity index (χ4n) is 2.77. The lowest BCUT2D eigenvalue weighted by atomic mass is 10.1. The number of pyridine rings is 1. The number of nitrogens with zero attached hydrogens (tertiary/aromatic N) is 5. The number of anilines is 1. The quantitative estimate of drug-likeness (QED) is 0.671. The van der Waals surface area contributed by atoms with E-state index in [1.54, 1.807) is 6.33 Å². The molecule has 106 valence electrons. The highest BCUT2D eigenvalue weighted by Gasteiger charge is 2.21. The summed E-state index contributed by atoms with van der Waals surface area (Å²) in [6, 6.07) is 10.4. The summed E-state index contributed by atoms with van der Waals surface area (Å²) in [5, 5.41) is 10.1. The van der Waals surface area contributed by atoms with Crippen LogP contribution in [0.5, 0.6) is 0 Å². The van der Waals surface area contributed by atoms with Crippen molar-refractivity contribution in [2.24, 2.45) is 0 Å². The largest absolute Gasteiger partial charge is 0.347 e. The van der Waals surface area contributed by atoms with Crippen LogP contribution in [0.3, 0.4) is 0 Å². The summed E-state index contributed by atoms with van der Waals surface area (Å²) in [5.41, 5.74) is 2.24. The van der Waals surface area contributed by atoms with E-state index in [1.165, 1.54) is 10.9 Å². The minimum absolute atomic E-state index is 0.755. The molecule has 3 heterocycles. The van der Waals surface area contributed by atoms with E-state index >= 15 is 0 Å². The highest BCUT2D eigenvalue weighted by molar-refractivity contribution is 9.08. The summed E-state index contributed by atoms with van der Waals surface area (Å²) in [6.45, 7) is 2.58. The maximum atomic E-state index is 4.87. The molecule has 21 heavy (non-hydrogen) atoms. The van der Waals surface area contributed by atoms with Crippen LogP contribution in [-0.4, -0.2) is 26.3 Å². The van der Waals surface area contributed by atoms with Crippen molar-refractivity contribution in [3.05, 3.63) is 48.0 Å². The van der Waals surface area contributed by atoms with Crippen molar-refractivity contribution in [3.8, 4) is 0 Å². The number of aromatic nitrogens is 4. The van der Waals surface area contributed by atoms with Gasteiger partial charge in [0.05, 0.1) is 12.1 Å². The maximum absolute atomic E-state index is 4.87. The van der Waals surface area contributed by atoms with Crippen molar-refractivity contribution in [1.82, 2.24) is 19.7 Å². The standard InChI is InChI=1S/C15H14BrN5/c16-8-12-7-11-3-1-2-4-13(11)18-15(12)20-5-6-21-10-17-19-14(21)9-20/h1-4,7,10H,5-6,8-9H2. The van der Waals surface area contributed by atoms with Crippen LogP contribution in [-0.2, 0) is 18.4 Å². The third-order valence-corrected chi connectivity index (χ3v) is 4.47. The first-order chi connectivity index (χ1) is 10.3. The maximum Gasteiger partial charge on any atom is 0.152 e. The molecule has 0 spiro atoms. The van der Waals surface area contributed by atoms with Crippen LogP contribution in [0.2, 0.25) is 0 Å². The molecule has 0 unspecified atom stereocenters. The number of hydrogen-bond donors (Lipinski definition) is 0. The SMILES string of the molecule is BrCc1cc2ccccc2nc1N1CCn2cnnc2C1. The van der Waals surface area contributed by atoms with Crippen LogP contribution in [0.4, 0.5) is 5.82 Å². The molecule has 0 radical (unpaired) electrons. The van der Waals surface area contributed by atoms with Gasteiger partial charge >= 0.3 is 0 Å². The lowest BCUT2D eigenvalue weighted by Crippen LogP contribution is -2.34.